The number of fused-ring (bicyclic) bond motifs is 4. The summed E-state index contributed by atoms with van der Waals surface area (Å²) < 4.78 is 0. The Morgan fingerprint density at radius 3 is 3.33 bits per heavy atom. The zero-order valence-electron chi connectivity index (χ0n) is 6.42. The van der Waals surface area contributed by atoms with Crippen LogP contribution in [0.5, 0.6) is 0 Å². The van der Waals surface area contributed by atoms with E-state index >= 15 is 0 Å². The summed E-state index contributed by atoms with van der Waals surface area (Å²) in [5.74, 6) is 0.622. The van der Waals surface area contributed by atoms with Crippen LogP contribution in [0.1, 0.15) is 30.0 Å². The van der Waals surface area contributed by atoms with Crippen LogP contribution in [0.3, 0.4) is 0 Å². The van der Waals surface area contributed by atoms with Crippen molar-refractivity contribution >= 4 is 17.2 Å². The Hall–Kier alpha value is -0.890. The Bertz CT molecular complexity index is 384. The van der Waals surface area contributed by atoms with E-state index in [2.05, 4.69) is 16.0 Å². The summed E-state index contributed by atoms with van der Waals surface area (Å²) in [6.07, 6.45) is 6.52. The van der Waals surface area contributed by atoms with Crippen LogP contribution in [0.4, 0.5) is 0 Å². The molecule has 2 nitrogen and oxygen atoms in total. The van der Waals surface area contributed by atoms with Crippen molar-refractivity contribution in [2.45, 2.75) is 18.8 Å². The highest BCUT2D eigenvalue weighted by atomic mass is 35.5. The second kappa shape index (κ2) is 2.07. The highest BCUT2D eigenvalue weighted by Gasteiger charge is 2.36. The maximum atomic E-state index is 5.69. The van der Waals surface area contributed by atoms with E-state index in [0.29, 0.717) is 11.2 Å². The third kappa shape index (κ3) is 0.661. The maximum Gasteiger partial charge on any atom is 0.222 e. The SMILES string of the molecule is Clc1ncc2c(n1)C1=CCCC12. The van der Waals surface area contributed by atoms with Crippen molar-refractivity contribution in [1.82, 2.24) is 9.97 Å². The summed E-state index contributed by atoms with van der Waals surface area (Å²) in [7, 11) is 0. The summed E-state index contributed by atoms with van der Waals surface area (Å²) in [6, 6.07) is 0. The van der Waals surface area contributed by atoms with Crippen LogP contribution < -0.4 is 0 Å². The van der Waals surface area contributed by atoms with Gasteiger partial charge in [0.05, 0.1) is 5.69 Å². The van der Waals surface area contributed by atoms with Gasteiger partial charge in [0.15, 0.2) is 0 Å². The zero-order chi connectivity index (χ0) is 8.13. The molecule has 0 bridgehead atoms. The number of hydrogen-bond acceptors (Lipinski definition) is 2. The summed E-state index contributed by atoms with van der Waals surface area (Å²) in [5.41, 5.74) is 3.75. The van der Waals surface area contributed by atoms with Gasteiger partial charge in [-0.25, -0.2) is 9.97 Å². The average molecular weight is 179 g/mol. The van der Waals surface area contributed by atoms with Gasteiger partial charge in [-0.3, -0.25) is 0 Å². The summed E-state index contributed by atoms with van der Waals surface area (Å²) in [6.45, 7) is 0. The molecule has 0 aliphatic heterocycles. The van der Waals surface area contributed by atoms with Gasteiger partial charge >= 0.3 is 0 Å². The van der Waals surface area contributed by atoms with Crippen LogP contribution >= 0.6 is 11.6 Å². The molecule has 0 amide bonds. The first-order valence-electron chi connectivity index (χ1n) is 4.09. The molecule has 1 aromatic rings. The molecule has 60 valence electrons. The molecule has 12 heavy (non-hydrogen) atoms. The largest absolute Gasteiger partial charge is 0.226 e. The molecule has 2 aliphatic carbocycles. The number of hydrogen-bond donors (Lipinski definition) is 0. The van der Waals surface area contributed by atoms with Crippen molar-refractivity contribution < 1.29 is 0 Å². The lowest BCUT2D eigenvalue weighted by molar-refractivity contribution is 0.755. The van der Waals surface area contributed by atoms with Gasteiger partial charge < -0.3 is 0 Å². The van der Waals surface area contributed by atoms with Gasteiger partial charge in [0.1, 0.15) is 0 Å². The number of halogens is 1. The molecule has 1 aromatic heterocycles. The van der Waals surface area contributed by atoms with E-state index in [9.17, 15) is 0 Å². The Morgan fingerprint density at radius 1 is 1.50 bits per heavy atom. The molecule has 1 heterocycles. The van der Waals surface area contributed by atoms with Crippen molar-refractivity contribution in [3.8, 4) is 0 Å². The van der Waals surface area contributed by atoms with Gasteiger partial charge in [0.25, 0.3) is 0 Å². The van der Waals surface area contributed by atoms with Gasteiger partial charge in [-0.05, 0) is 30.0 Å². The molecule has 0 spiro atoms. The van der Waals surface area contributed by atoms with Gasteiger partial charge in [0.2, 0.25) is 5.28 Å². The molecule has 0 N–H and O–H groups in total. The summed E-state index contributed by atoms with van der Waals surface area (Å²) >= 11 is 5.69. The molecule has 0 radical (unpaired) electrons. The van der Waals surface area contributed by atoms with Crippen LogP contribution in [-0.4, -0.2) is 9.97 Å². The van der Waals surface area contributed by atoms with E-state index in [1.54, 1.807) is 0 Å². The Morgan fingerprint density at radius 2 is 2.42 bits per heavy atom. The molecular weight excluding hydrogens is 172 g/mol. The minimum absolute atomic E-state index is 0.361. The number of allylic oxidation sites excluding steroid dienone is 2. The first-order valence-corrected chi connectivity index (χ1v) is 4.47. The van der Waals surface area contributed by atoms with Gasteiger partial charge in [-0.2, -0.15) is 0 Å². The molecule has 2 aliphatic rings. The molecule has 0 saturated heterocycles. The standard InChI is InChI=1S/C9H7ClN2/c10-9-11-4-7-5-2-1-3-6(5)8(7)12-9/h3-5H,1-2H2. The Balaban J connectivity index is 2.21. The summed E-state index contributed by atoms with van der Waals surface area (Å²) in [4.78, 5) is 8.17. The van der Waals surface area contributed by atoms with E-state index in [4.69, 9.17) is 11.6 Å². The minimum atomic E-state index is 0.361. The van der Waals surface area contributed by atoms with Crippen molar-refractivity contribution in [3.63, 3.8) is 0 Å². The van der Waals surface area contributed by atoms with Gasteiger partial charge in [0, 0.05) is 17.7 Å². The smallest absolute Gasteiger partial charge is 0.222 e. The summed E-state index contributed by atoms with van der Waals surface area (Å²) in [5, 5.41) is 0.361. The number of nitrogens with zero attached hydrogens (tertiary/aromatic N) is 2. The predicted molar refractivity (Wildman–Crippen MR) is 47.0 cm³/mol. The van der Waals surface area contributed by atoms with Crippen LogP contribution in [-0.2, 0) is 0 Å². The van der Waals surface area contributed by atoms with Crippen LogP contribution in [0.15, 0.2) is 12.3 Å². The monoisotopic (exact) mass is 178 g/mol. The highest BCUT2D eigenvalue weighted by Crippen LogP contribution is 2.51. The number of rotatable bonds is 0. The molecule has 0 fully saturated rings. The Kier molecular flexibility index (Phi) is 1.14. The fraction of sp³-hybridized carbons (Fsp3) is 0.333. The van der Waals surface area contributed by atoms with E-state index in [1.165, 1.54) is 24.0 Å². The topological polar surface area (TPSA) is 25.8 Å². The van der Waals surface area contributed by atoms with E-state index in [0.717, 1.165) is 5.69 Å². The first-order chi connectivity index (χ1) is 5.86. The molecule has 0 aromatic carbocycles. The van der Waals surface area contributed by atoms with E-state index < -0.39 is 0 Å². The normalized spacial score (nSPS) is 24.1. The molecule has 1 atom stereocenters. The number of aromatic nitrogens is 2. The molecule has 0 saturated carbocycles. The van der Waals surface area contributed by atoms with Crippen molar-refractivity contribution in [2.24, 2.45) is 0 Å². The predicted octanol–water partition coefficient (Wildman–Crippen LogP) is 2.40. The molecule has 1 unspecified atom stereocenters. The van der Waals surface area contributed by atoms with E-state index in [-0.39, 0.29) is 0 Å². The van der Waals surface area contributed by atoms with Crippen LogP contribution in [0.2, 0.25) is 5.28 Å². The molecular formula is C9H7ClN2. The minimum Gasteiger partial charge on any atom is -0.226 e. The lowest BCUT2D eigenvalue weighted by Crippen LogP contribution is -2.15. The van der Waals surface area contributed by atoms with Gasteiger partial charge in [-0.15, -0.1) is 0 Å². The zero-order valence-corrected chi connectivity index (χ0v) is 7.17. The fourth-order valence-electron chi connectivity index (χ4n) is 2.07. The van der Waals surface area contributed by atoms with Crippen molar-refractivity contribution in [1.29, 1.82) is 0 Å². The lowest BCUT2D eigenvalue weighted by atomic mass is 9.79. The Labute approximate surface area is 75.3 Å². The second-order valence-electron chi connectivity index (χ2n) is 3.23. The second-order valence-corrected chi connectivity index (χ2v) is 3.57. The molecule has 3 heteroatoms. The first kappa shape index (κ1) is 6.61. The average Bonchev–Trinajstić information content (AvgIpc) is 2.46. The van der Waals surface area contributed by atoms with Gasteiger partial charge in [-0.1, -0.05) is 6.08 Å². The quantitative estimate of drug-likeness (QED) is 0.571. The van der Waals surface area contributed by atoms with Crippen molar-refractivity contribution in [3.05, 3.63) is 28.8 Å². The fourth-order valence-corrected chi connectivity index (χ4v) is 2.20. The third-order valence-corrected chi connectivity index (χ3v) is 2.81. The lowest BCUT2D eigenvalue weighted by Gasteiger charge is -2.27. The third-order valence-electron chi connectivity index (χ3n) is 2.63. The van der Waals surface area contributed by atoms with E-state index in [1.807, 2.05) is 6.20 Å². The maximum absolute atomic E-state index is 5.69. The van der Waals surface area contributed by atoms with Crippen LogP contribution in [0.25, 0.3) is 5.57 Å². The molecule has 3 rings (SSSR count). The van der Waals surface area contributed by atoms with Crippen LogP contribution in [0, 0.1) is 0 Å². The van der Waals surface area contributed by atoms with Crippen molar-refractivity contribution in [2.75, 3.05) is 0 Å². The highest BCUT2D eigenvalue weighted by molar-refractivity contribution is 6.28.